The van der Waals surface area contributed by atoms with Crippen molar-refractivity contribution in [2.45, 2.75) is 24.3 Å². The number of rotatable bonds is 12. The smallest absolute Gasteiger partial charge is 0.233 e. The highest BCUT2D eigenvalue weighted by molar-refractivity contribution is 7.98. The molecule has 0 aliphatic heterocycles. The predicted octanol–water partition coefficient (Wildman–Crippen LogP) is 4.59. The molecule has 0 unspecified atom stereocenters. The number of pyridine rings is 2. The molecule has 0 atom stereocenters. The Bertz CT molecular complexity index is 742. The van der Waals surface area contributed by atoms with E-state index in [4.69, 9.17) is 4.74 Å². The minimum absolute atomic E-state index is 0.356. The maximum Gasteiger partial charge on any atom is 0.233 e. The summed E-state index contributed by atoms with van der Waals surface area (Å²) in [5.41, 5.74) is 2.80. The van der Waals surface area contributed by atoms with E-state index in [2.05, 4.69) is 9.97 Å². The highest BCUT2D eigenvalue weighted by Gasteiger charge is 2.07. The molecule has 0 amide bonds. The summed E-state index contributed by atoms with van der Waals surface area (Å²) in [5, 5.41) is 10.9. The van der Waals surface area contributed by atoms with Crippen LogP contribution in [0.5, 0.6) is 5.75 Å². The molecule has 144 valence electrons. The van der Waals surface area contributed by atoms with E-state index in [0.29, 0.717) is 12.8 Å². The Balaban J connectivity index is 1.73. The monoisotopic (exact) mass is 405 g/mol. The van der Waals surface area contributed by atoms with Gasteiger partial charge in [-0.3, -0.25) is 20.1 Å². The highest BCUT2D eigenvalue weighted by Crippen LogP contribution is 2.23. The van der Waals surface area contributed by atoms with Crippen molar-refractivity contribution in [2.24, 2.45) is 0 Å². The molecular weight excluding hydrogens is 382 g/mol. The molecule has 0 spiro atoms. The van der Waals surface area contributed by atoms with Crippen molar-refractivity contribution in [3.8, 4) is 5.75 Å². The molecule has 0 aromatic carbocycles. The number of methoxy groups -OCH3 is 1. The van der Waals surface area contributed by atoms with Crippen LogP contribution in [-0.4, -0.2) is 33.5 Å². The molecular formula is C19H23N3O3S2. The minimum atomic E-state index is -0.356. The number of ether oxygens (including phenoxy) is 1. The third kappa shape index (κ3) is 8.45. The van der Waals surface area contributed by atoms with E-state index in [9.17, 15) is 10.1 Å². The fourth-order valence-electron chi connectivity index (χ4n) is 2.36. The molecule has 0 saturated carbocycles. The van der Waals surface area contributed by atoms with Crippen LogP contribution in [0.15, 0.2) is 54.5 Å². The SMILES string of the molecule is COc1cccnc1CSCC/C(=C/[N+](=O)[O-])CCSCc1ccccn1. The van der Waals surface area contributed by atoms with Crippen LogP contribution in [0.4, 0.5) is 0 Å². The largest absolute Gasteiger partial charge is 0.495 e. The fraction of sp³-hybridized carbons (Fsp3) is 0.368. The van der Waals surface area contributed by atoms with Gasteiger partial charge in [-0.25, -0.2) is 0 Å². The van der Waals surface area contributed by atoms with E-state index in [0.717, 1.165) is 51.9 Å². The number of allylic oxidation sites excluding steroid dienone is 1. The van der Waals surface area contributed by atoms with Crippen molar-refractivity contribution in [2.75, 3.05) is 18.6 Å². The van der Waals surface area contributed by atoms with E-state index < -0.39 is 0 Å². The summed E-state index contributed by atoms with van der Waals surface area (Å²) >= 11 is 3.45. The average Bonchev–Trinajstić information content (AvgIpc) is 2.69. The summed E-state index contributed by atoms with van der Waals surface area (Å²) in [6.45, 7) is 0. The standard InChI is InChI=1S/C19H23N3O3S2/c1-25-19-6-4-10-21-18(19)15-27-12-8-16(13-22(23)24)7-11-26-14-17-5-2-3-9-20-17/h2-6,9-10,13H,7-8,11-12,14-15H2,1H3/b16-13+. The molecule has 27 heavy (non-hydrogen) atoms. The van der Waals surface area contributed by atoms with Crippen molar-refractivity contribution in [1.29, 1.82) is 0 Å². The zero-order chi connectivity index (χ0) is 19.3. The average molecular weight is 406 g/mol. The Morgan fingerprint density at radius 1 is 1.11 bits per heavy atom. The maximum absolute atomic E-state index is 10.9. The van der Waals surface area contributed by atoms with E-state index in [-0.39, 0.29) is 4.92 Å². The summed E-state index contributed by atoms with van der Waals surface area (Å²) < 4.78 is 5.29. The molecule has 0 aliphatic carbocycles. The third-order valence-electron chi connectivity index (χ3n) is 3.71. The molecule has 6 nitrogen and oxygen atoms in total. The molecule has 0 bridgehead atoms. The Labute approximate surface area is 168 Å². The van der Waals surface area contributed by atoms with E-state index in [1.807, 2.05) is 30.3 Å². The normalized spacial score (nSPS) is 11.4. The van der Waals surface area contributed by atoms with E-state index >= 15 is 0 Å². The number of nitro groups is 1. The molecule has 8 heteroatoms. The van der Waals surface area contributed by atoms with Gasteiger partial charge < -0.3 is 4.74 Å². The second-order valence-corrected chi connectivity index (χ2v) is 7.86. The van der Waals surface area contributed by atoms with Crippen molar-refractivity contribution < 1.29 is 9.66 Å². The number of aromatic nitrogens is 2. The van der Waals surface area contributed by atoms with Gasteiger partial charge in [0.15, 0.2) is 0 Å². The van der Waals surface area contributed by atoms with Crippen LogP contribution in [-0.2, 0) is 11.5 Å². The Hall–Kier alpha value is -2.06. The lowest BCUT2D eigenvalue weighted by Crippen LogP contribution is -1.97. The quantitative estimate of drug-likeness (QED) is 0.290. The van der Waals surface area contributed by atoms with Crippen LogP contribution < -0.4 is 4.74 Å². The van der Waals surface area contributed by atoms with Crippen LogP contribution in [0.1, 0.15) is 24.2 Å². The summed E-state index contributed by atoms with van der Waals surface area (Å²) in [7, 11) is 1.63. The van der Waals surface area contributed by atoms with Crippen molar-refractivity contribution in [3.05, 3.63) is 76.0 Å². The van der Waals surface area contributed by atoms with Gasteiger partial charge in [0, 0.05) is 29.5 Å². The number of thioether (sulfide) groups is 2. The van der Waals surface area contributed by atoms with Gasteiger partial charge in [-0.15, -0.1) is 0 Å². The van der Waals surface area contributed by atoms with Crippen molar-refractivity contribution in [3.63, 3.8) is 0 Å². The van der Waals surface area contributed by atoms with Gasteiger partial charge in [-0.1, -0.05) is 6.07 Å². The summed E-state index contributed by atoms with van der Waals surface area (Å²) in [4.78, 5) is 19.1. The molecule has 2 heterocycles. The summed E-state index contributed by atoms with van der Waals surface area (Å²) in [6.07, 6.45) is 6.09. The van der Waals surface area contributed by atoms with Crippen molar-refractivity contribution in [1.82, 2.24) is 9.97 Å². The predicted molar refractivity (Wildman–Crippen MR) is 112 cm³/mol. The van der Waals surface area contributed by atoms with Crippen LogP contribution in [0.25, 0.3) is 0 Å². The molecule has 0 radical (unpaired) electrons. The first kappa shape index (κ1) is 21.2. The van der Waals surface area contributed by atoms with Gasteiger partial charge in [0.05, 0.1) is 23.4 Å². The molecule has 2 aromatic heterocycles. The van der Waals surface area contributed by atoms with Gasteiger partial charge in [0.1, 0.15) is 5.75 Å². The summed E-state index contributed by atoms with van der Waals surface area (Å²) in [6, 6.07) is 9.58. The number of hydrogen-bond donors (Lipinski definition) is 0. The van der Waals surface area contributed by atoms with Crippen molar-refractivity contribution >= 4 is 23.5 Å². The van der Waals surface area contributed by atoms with Crippen LogP contribution >= 0.6 is 23.5 Å². The van der Waals surface area contributed by atoms with Gasteiger partial charge in [0.2, 0.25) is 6.20 Å². The van der Waals surface area contributed by atoms with Crippen LogP contribution in [0.2, 0.25) is 0 Å². The highest BCUT2D eigenvalue weighted by atomic mass is 32.2. The Kier molecular flexibility index (Phi) is 9.72. The van der Waals surface area contributed by atoms with Crippen LogP contribution in [0, 0.1) is 10.1 Å². The topological polar surface area (TPSA) is 78.2 Å². The lowest BCUT2D eigenvalue weighted by Gasteiger charge is -2.08. The third-order valence-corrected chi connectivity index (χ3v) is 5.67. The second kappa shape index (κ2) is 12.3. The second-order valence-electron chi connectivity index (χ2n) is 5.65. The Morgan fingerprint density at radius 2 is 1.85 bits per heavy atom. The molecule has 0 aliphatic rings. The maximum atomic E-state index is 10.9. The molecule has 2 aromatic rings. The van der Waals surface area contributed by atoms with Gasteiger partial charge in [-0.2, -0.15) is 23.5 Å². The molecule has 0 N–H and O–H groups in total. The number of nitrogens with zero attached hydrogens (tertiary/aromatic N) is 3. The lowest BCUT2D eigenvalue weighted by atomic mass is 10.2. The first-order chi connectivity index (χ1) is 13.2. The van der Waals surface area contributed by atoms with E-state index in [1.54, 1.807) is 43.0 Å². The first-order valence-corrected chi connectivity index (χ1v) is 10.9. The zero-order valence-electron chi connectivity index (χ0n) is 15.2. The minimum Gasteiger partial charge on any atom is -0.495 e. The van der Waals surface area contributed by atoms with Gasteiger partial charge in [-0.05, 0) is 48.6 Å². The molecule has 0 fully saturated rings. The Morgan fingerprint density at radius 3 is 2.52 bits per heavy atom. The van der Waals surface area contributed by atoms with Gasteiger partial charge in [0.25, 0.3) is 0 Å². The van der Waals surface area contributed by atoms with Crippen LogP contribution in [0.3, 0.4) is 0 Å². The van der Waals surface area contributed by atoms with Gasteiger partial charge >= 0.3 is 0 Å². The van der Waals surface area contributed by atoms with E-state index in [1.165, 1.54) is 0 Å². The lowest BCUT2D eigenvalue weighted by molar-refractivity contribution is -0.403. The zero-order valence-corrected chi connectivity index (χ0v) is 16.9. The first-order valence-electron chi connectivity index (χ1n) is 8.55. The summed E-state index contributed by atoms with van der Waals surface area (Å²) in [5.74, 6) is 3.97. The molecule has 2 rings (SSSR count). The molecule has 0 saturated heterocycles. The number of hydrogen-bond acceptors (Lipinski definition) is 7. The fourth-order valence-corrected chi connectivity index (χ4v) is 4.25.